The summed E-state index contributed by atoms with van der Waals surface area (Å²) in [6.45, 7) is 4.03. The Morgan fingerprint density at radius 3 is 2.48 bits per heavy atom. The van der Waals surface area contributed by atoms with E-state index in [9.17, 15) is 14.7 Å². The predicted octanol–water partition coefficient (Wildman–Crippen LogP) is -0.375. The van der Waals surface area contributed by atoms with Gasteiger partial charge >= 0.3 is 5.69 Å². The van der Waals surface area contributed by atoms with Crippen molar-refractivity contribution in [3.05, 3.63) is 51.4 Å². The summed E-state index contributed by atoms with van der Waals surface area (Å²) >= 11 is 0. The number of aliphatic hydroxyl groups excluding tert-OH is 1. The molecule has 2 aromatic heterocycles. The van der Waals surface area contributed by atoms with E-state index < -0.39 is 17.4 Å². The molecule has 0 aliphatic carbocycles. The first-order valence-corrected chi connectivity index (χ1v) is 10.3. The predicted molar refractivity (Wildman–Crippen MR) is 118 cm³/mol. The molecule has 3 aromatic rings. The van der Waals surface area contributed by atoms with Gasteiger partial charge in [0.15, 0.2) is 11.2 Å². The summed E-state index contributed by atoms with van der Waals surface area (Å²) in [5.74, 6) is 0.860. The van der Waals surface area contributed by atoms with Crippen molar-refractivity contribution in [2.45, 2.75) is 12.6 Å². The Kier molecular flexibility index (Phi) is 5.84. The van der Waals surface area contributed by atoms with Crippen LogP contribution >= 0.6 is 0 Å². The molecule has 0 amide bonds. The van der Waals surface area contributed by atoms with Gasteiger partial charge in [0.25, 0.3) is 5.56 Å². The van der Waals surface area contributed by atoms with Gasteiger partial charge < -0.3 is 19.3 Å². The lowest BCUT2D eigenvalue weighted by Crippen LogP contribution is -2.49. The van der Waals surface area contributed by atoms with Crippen LogP contribution in [0.3, 0.4) is 0 Å². The van der Waals surface area contributed by atoms with E-state index in [1.54, 1.807) is 18.7 Å². The minimum absolute atomic E-state index is 0.233. The van der Waals surface area contributed by atoms with Gasteiger partial charge in [-0.2, -0.15) is 0 Å². The number of rotatable bonds is 6. The maximum Gasteiger partial charge on any atom is 0.332 e. The number of hydrogen-bond donors (Lipinski definition) is 1. The number of aliphatic hydroxyl groups is 1. The van der Waals surface area contributed by atoms with E-state index in [-0.39, 0.29) is 6.54 Å². The maximum absolute atomic E-state index is 12.6. The molecule has 1 atom stereocenters. The summed E-state index contributed by atoms with van der Waals surface area (Å²) in [5, 5.41) is 10.7. The normalized spacial score (nSPS) is 16.1. The van der Waals surface area contributed by atoms with Crippen LogP contribution in [0.5, 0.6) is 5.75 Å². The van der Waals surface area contributed by atoms with Crippen LogP contribution in [0, 0.1) is 0 Å². The molecule has 0 unspecified atom stereocenters. The molecule has 166 valence electrons. The molecule has 0 radical (unpaired) electrons. The zero-order chi connectivity index (χ0) is 22.1. The van der Waals surface area contributed by atoms with Crippen molar-refractivity contribution in [2.24, 2.45) is 14.1 Å². The third-order valence-electron chi connectivity index (χ3n) is 5.89. The third-order valence-corrected chi connectivity index (χ3v) is 5.89. The molecule has 3 heterocycles. The van der Waals surface area contributed by atoms with Crippen LogP contribution < -0.4 is 20.9 Å². The Hall–Kier alpha value is -3.11. The number of anilines is 1. The van der Waals surface area contributed by atoms with Gasteiger partial charge in [-0.25, -0.2) is 9.78 Å². The Bertz CT molecular complexity index is 1190. The van der Waals surface area contributed by atoms with Crippen molar-refractivity contribution in [2.75, 3.05) is 44.7 Å². The third kappa shape index (κ3) is 3.96. The fourth-order valence-electron chi connectivity index (χ4n) is 4.18. The Balaban J connectivity index is 1.41. The molecule has 31 heavy (non-hydrogen) atoms. The molecule has 1 aromatic carbocycles. The van der Waals surface area contributed by atoms with Crippen LogP contribution in [0.4, 0.5) is 5.69 Å². The Morgan fingerprint density at radius 1 is 1.06 bits per heavy atom. The lowest BCUT2D eigenvalue weighted by Gasteiger charge is -2.37. The van der Waals surface area contributed by atoms with E-state index in [0.29, 0.717) is 17.7 Å². The zero-order valence-corrected chi connectivity index (χ0v) is 18.1. The van der Waals surface area contributed by atoms with Crippen molar-refractivity contribution in [3.8, 4) is 5.75 Å². The highest BCUT2D eigenvalue weighted by Crippen LogP contribution is 2.28. The molecule has 0 bridgehead atoms. The molecule has 1 N–H and O–H groups in total. The van der Waals surface area contributed by atoms with Crippen molar-refractivity contribution >= 4 is 16.9 Å². The zero-order valence-electron chi connectivity index (χ0n) is 18.1. The molecule has 1 aliphatic heterocycles. The lowest BCUT2D eigenvalue weighted by molar-refractivity contribution is 0.0958. The number of nitrogens with zero attached hydrogens (tertiary/aromatic N) is 6. The smallest absolute Gasteiger partial charge is 0.332 e. The number of piperazine rings is 1. The summed E-state index contributed by atoms with van der Waals surface area (Å²) in [6, 6.07) is 7.98. The summed E-state index contributed by atoms with van der Waals surface area (Å²) in [4.78, 5) is 33.3. The highest BCUT2D eigenvalue weighted by molar-refractivity contribution is 5.69. The van der Waals surface area contributed by atoms with Crippen LogP contribution in [-0.4, -0.2) is 74.6 Å². The van der Waals surface area contributed by atoms with E-state index in [1.165, 1.54) is 17.9 Å². The highest BCUT2D eigenvalue weighted by Gasteiger charge is 2.22. The van der Waals surface area contributed by atoms with Gasteiger partial charge in [0.05, 0.1) is 31.8 Å². The second-order valence-corrected chi connectivity index (χ2v) is 7.89. The minimum Gasteiger partial charge on any atom is -0.495 e. The van der Waals surface area contributed by atoms with Gasteiger partial charge in [-0.15, -0.1) is 0 Å². The summed E-state index contributed by atoms with van der Waals surface area (Å²) < 4.78 is 9.50. The van der Waals surface area contributed by atoms with Gasteiger partial charge in [0.2, 0.25) is 0 Å². The Labute approximate surface area is 179 Å². The van der Waals surface area contributed by atoms with E-state index in [2.05, 4.69) is 20.9 Å². The monoisotopic (exact) mass is 428 g/mol. The Morgan fingerprint density at radius 2 is 1.77 bits per heavy atom. The first-order chi connectivity index (χ1) is 14.9. The first kappa shape index (κ1) is 21.1. The second kappa shape index (κ2) is 8.56. The van der Waals surface area contributed by atoms with E-state index in [0.717, 1.165) is 42.2 Å². The van der Waals surface area contributed by atoms with E-state index in [4.69, 9.17) is 4.74 Å². The summed E-state index contributed by atoms with van der Waals surface area (Å²) in [7, 11) is 4.70. The van der Waals surface area contributed by atoms with Gasteiger partial charge in [0.1, 0.15) is 5.75 Å². The molecular weight excluding hydrogens is 400 g/mol. The number of β-amino-alcohol motifs (C(OH)–C–C–N with tert-alkyl or cyclic N) is 1. The summed E-state index contributed by atoms with van der Waals surface area (Å²) in [6.07, 6.45) is 0.839. The largest absolute Gasteiger partial charge is 0.495 e. The quantitative estimate of drug-likeness (QED) is 0.572. The van der Waals surface area contributed by atoms with Crippen LogP contribution in [0.15, 0.2) is 40.2 Å². The maximum atomic E-state index is 12.6. The number of aromatic nitrogens is 4. The number of ether oxygens (including phenoxy) is 1. The standard InChI is InChI=1S/C21H28N6O4/c1-23-19-18(20(29)24(2)21(23)30)27(14-22-19)13-15(28)12-25-8-10-26(11-9-25)16-6-4-5-7-17(16)31-3/h4-7,14-15,28H,8-13H2,1-3H3/t15-/m0/s1. The first-order valence-electron chi connectivity index (χ1n) is 10.3. The molecule has 10 nitrogen and oxygen atoms in total. The van der Waals surface area contributed by atoms with Crippen molar-refractivity contribution in [1.82, 2.24) is 23.6 Å². The number of imidazole rings is 1. The number of para-hydroxylation sites is 2. The molecule has 1 saturated heterocycles. The van der Waals surface area contributed by atoms with Crippen molar-refractivity contribution in [1.29, 1.82) is 0 Å². The van der Waals surface area contributed by atoms with Crippen molar-refractivity contribution in [3.63, 3.8) is 0 Å². The second-order valence-electron chi connectivity index (χ2n) is 7.89. The minimum atomic E-state index is -0.669. The van der Waals surface area contributed by atoms with Crippen molar-refractivity contribution < 1.29 is 9.84 Å². The molecule has 10 heteroatoms. The number of benzene rings is 1. The average molecular weight is 428 g/mol. The van der Waals surface area contributed by atoms with E-state index in [1.807, 2.05) is 18.2 Å². The van der Waals surface area contributed by atoms with Crippen LogP contribution in [0.2, 0.25) is 0 Å². The van der Waals surface area contributed by atoms with Crippen LogP contribution in [0.25, 0.3) is 11.2 Å². The van der Waals surface area contributed by atoms with Crippen LogP contribution in [0.1, 0.15) is 0 Å². The number of methoxy groups -OCH3 is 1. The fourth-order valence-corrected chi connectivity index (χ4v) is 4.18. The topological polar surface area (TPSA) is 97.8 Å². The molecule has 1 aliphatic rings. The van der Waals surface area contributed by atoms with Gasteiger partial charge in [-0.05, 0) is 12.1 Å². The highest BCUT2D eigenvalue weighted by atomic mass is 16.5. The van der Waals surface area contributed by atoms with Crippen LogP contribution in [-0.2, 0) is 20.6 Å². The van der Waals surface area contributed by atoms with Gasteiger partial charge in [0, 0.05) is 46.8 Å². The SMILES string of the molecule is COc1ccccc1N1CCN(C[C@H](O)Cn2cnc3c2c(=O)n(C)c(=O)n3C)CC1. The molecule has 1 fully saturated rings. The van der Waals surface area contributed by atoms with Gasteiger partial charge in [-0.1, -0.05) is 12.1 Å². The number of hydrogen-bond acceptors (Lipinski definition) is 7. The van der Waals surface area contributed by atoms with Gasteiger partial charge in [-0.3, -0.25) is 18.8 Å². The number of fused-ring (bicyclic) bond motifs is 1. The average Bonchev–Trinajstić information content (AvgIpc) is 3.20. The molecule has 0 spiro atoms. The summed E-state index contributed by atoms with van der Waals surface area (Å²) in [5.41, 5.74) is 0.899. The number of aryl methyl sites for hydroxylation is 1. The van der Waals surface area contributed by atoms with E-state index >= 15 is 0 Å². The molecular formula is C21H28N6O4. The molecule has 0 saturated carbocycles. The molecule has 4 rings (SSSR count). The lowest BCUT2D eigenvalue weighted by atomic mass is 10.2. The fraction of sp³-hybridized carbons (Fsp3) is 0.476.